The molecule has 0 radical (unpaired) electrons. The van der Waals surface area contributed by atoms with Crippen molar-refractivity contribution in [2.75, 3.05) is 44.8 Å². The van der Waals surface area contributed by atoms with Gasteiger partial charge in [-0.15, -0.1) is 0 Å². The van der Waals surface area contributed by atoms with Crippen LogP contribution in [-0.2, 0) is 9.47 Å². The van der Waals surface area contributed by atoms with E-state index in [9.17, 15) is 9.59 Å². The van der Waals surface area contributed by atoms with Crippen molar-refractivity contribution in [3.05, 3.63) is 59.9 Å². The van der Waals surface area contributed by atoms with Crippen LogP contribution in [-0.4, -0.2) is 62.3 Å². The third-order valence-corrected chi connectivity index (χ3v) is 5.88. The van der Waals surface area contributed by atoms with Crippen LogP contribution in [0.5, 0.6) is 5.75 Å². The minimum absolute atomic E-state index is 0.0912. The number of benzene rings is 2. The number of carbonyl (C=O) groups excluding carboxylic acids is 2. The summed E-state index contributed by atoms with van der Waals surface area (Å²) in [5.41, 5.74) is 1.34. The van der Waals surface area contributed by atoms with Crippen LogP contribution in [0.25, 0.3) is 11.0 Å². The summed E-state index contributed by atoms with van der Waals surface area (Å²) in [6.45, 7) is 3.13. The van der Waals surface area contributed by atoms with E-state index in [0.717, 1.165) is 19.4 Å². The summed E-state index contributed by atoms with van der Waals surface area (Å²) >= 11 is 0. The zero-order valence-electron chi connectivity index (χ0n) is 18.2. The van der Waals surface area contributed by atoms with Gasteiger partial charge in [-0.25, -0.2) is 0 Å². The van der Waals surface area contributed by atoms with Gasteiger partial charge in [-0.3, -0.25) is 9.59 Å². The topological polar surface area (TPSA) is 90.2 Å². The lowest BCUT2D eigenvalue weighted by molar-refractivity contribution is 0.0285. The first-order valence-corrected chi connectivity index (χ1v) is 11.2. The first-order valence-electron chi connectivity index (χ1n) is 11.2. The number of nitrogens with zero attached hydrogens (tertiary/aromatic N) is 1. The highest BCUT2D eigenvalue weighted by Crippen LogP contribution is 2.32. The van der Waals surface area contributed by atoms with Crippen molar-refractivity contribution in [2.45, 2.75) is 18.9 Å². The van der Waals surface area contributed by atoms with E-state index in [4.69, 9.17) is 18.6 Å². The molecule has 1 atom stereocenters. The predicted molar refractivity (Wildman–Crippen MR) is 122 cm³/mol. The van der Waals surface area contributed by atoms with Gasteiger partial charge in [-0.2, -0.15) is 0 Å². The van der Waals surface area contributed by atoms with Crippen LogP contribution < -0.4 is 10.1 Å². The Balaban J connectivity index is 1.37. The van der Waals surface area contributed by atoms with Gasteiger partial charge in [0.1, 0.15) is 23.6 Å². The summed E-state index contributed by atoms with van der Waals surface area (Å²) in [6, 6.07) is 14.3. The fourth-order valence-corrected chi connectivity index (χ4v) is 4.11. The molecule has 2 fully saturated rings. The number of carbonyl (C=O) groups is 2. The molecule has 8 nitrogen and oxygen atoms in total. The number of nitrogens with one attached hydrogen (secondary N) is 1. The molecule has 33 heavy (non-hydrogen) atoms. The van der Waals surface area contributed by atoms with Gasteiger partial charge in [0.05, 0.1) is 19.3 Å². The first-order chi connectivity index (χ1) is 16.2. The molecule has 172 valence electrons. The van der Waals surface area contributed by atoms with Crippen molar-refractivity contribution in [3.8, 4) is 5.75 Å². The van der Waals surface area contributed by atoms with Gasteiger partial charge in [-0.05, 0) is 43.2 Å². The Morgan fingerprint density at radius 1 is 1.06 bits per heavy atom. The van der Waals surface area contributed by atoms with Crippen molar-refractivity contribution in [2.24, 2.45) is 0 Å². The van der Waals surface area contributed by atoms with E-state index in [1.807, 2.05) is 24.3 Å². The van der Waals surface area contributed by atoms with Crippen molar-refractivity contribution in [1.29, 1.82) is 0 Å². The van der Waals surface area contributed by atoms with E-state index in [0.29, 0.717) is 60.9 Å². The molecule has 0 saturated carbocycles. The Bertz CT molecular complexity index is 1140. The van der Waals surface area contributed by atoms with E-state index in [-0.39, 0.29) is 23.7 Å². The zero-order valence-corrected chi connectivity index (χ0v) is 18.2. The van der Waals surface area contributed by atoms with Crippen LogP contribution in [0.3, 0.4) is 0 Å². The van der Waals surface area contributed by atoms with Crippen molar-refractivity contribution in [3.63, 3.8) is 0 Å². The molecule has 3 aromatic rings. The fraction of sp³-hybridized carbons (Fsp3) is 0.360. The second-order valence-electron chi connectivity index (χ2n) is 8.13. The minimum atomic E-state index is -0.347. The van der Waals surface area contributed by atoms with Gasteiger partial charge in [0.2, 0.25) is 5.76 Å². The van der Waals surface area contributed by atoms with Crippen molar-refractivity contribution < 1.29 is 28.2 Å². The standard InChI is InChI=1S/C25H26N2O6/c28-24(17-5-3-6-18(15-17)32-16-19-7-4-12-31-19)26-22-20-8-1-2-9-21(20)33-23(22)25(29)27-10-13-30-14-11-27/h1-3,5-6,8-9,15,19H,4,7,10-14,16H2,(H,26,28). The summed E-state index contributed by atoms with van der Waals surface area (Å²) in [5.74, 6) is 0.107. The van der Waals surface area contributed by atoms with E-state index in [2.05, 4.69) is 5.32 Å². The maximum Gasteiger partial charge on any atom is 0.291 e. The van der Waals surface area contributed by atoms with E-state index in [1.165, 1.54) is 0 Å². The van der Waals surface area contributed by atoms with Crippen LogP contribution >= 0.6 is 0 Å². The summed E-state index contributed by atoms with van der Waals surface area (Å²) in [6.07, 6.45) is 2.11. The lowest BCUT2D eigenvalue weighted by Crippen LogP contribution is -2.40. The van der Waals surface area contributed by atoms with Gasteiger partial charge in [-0.1, -0.05) is 18.2 Å². The molecule has 5 rings (SSSR count). The maximum atomic E-state index is 13.2. The minimum Gasteiger partial charge on any atom is -0.491 e. The molecular weight excluding hydrogens is 424 g/mol. The van der Waals surface area contributed by atoms with E-state index < -0.39 is 0 Å². The highest BCUT2D eigenvalue weighted by Gasteiger charge is 2.28. The zero-order chi connectivity index (χ0) is 22.6. The molecule has 2 saturated heterocycles. The lowest BCUT2D eigenvalue weighted by atomic mass is 10.1. The van der Waals surface area contributed by atoms with Gasteiger partial charge in [0.25, 0.3) is 11.8 Å². The van der Waals surface area contributed by atoms with Crippen LogP contribution in [0, 0.1) is 0 Å². The maximum absolute atomic E-state index is 13.2. The van der Waals surface area contributed by atoms with E-state index in [1.54, 1.807) is 29.2 Å². The second-order valence-corrected chi connectivity index (χ2v) is 8.13. The number of hydrogen-bond acceptors (Lipinski definition) is 6. The van der Waals surface area contributed by atoms with Crippen molar-refractivity contribution in [1.82, 2.24) is 4.90 Å². The molecule has 2 aliphatic heterocycles. The molecule has 1 aromatic heterocycles. The lowest BCUT2D eigenvalue weighted by Gasteiger charge is -2.26. The average Bonchev–Trinajstić information content (AvgIpc) is 3.51. The number of fused-ring (bicyclic) bond motifs is 1. The third kappa shape index (κ3) is 4.72. The molecular formula is C25H26N2O6. The smallest absolute Gasteiger partial charge is 0.291 e. The normalized spacial score (nSPS) is 18.4. The average molecular weight is 450 g/mol. The molecule has 1 unspecified atom stereocenters. The first kappa shape index (κ1) is 21.5. The molecule has 0 bridgehead atoms. The van der Waals surface area contributed by atoms with Gasteiger partial charge in [0.15, 0.2) is 0 Å². The number of anilines is 1. The number of ether oxygens (including phenoxy) is 3. The summed E-state index contributed by atoms with van der Waals surface area (Å²) < 4.78 is 22.7. The summed E-state index contributed by atoms with van der Waals surface area (Å²) in [7, 11) is 0. The Morgan fingerprint density at radius 2 is 1.91 bits per heavy atom. The SMILES string of the molecule is O=C(Nc1c(C(=O)N2CCOCC2)oc2ccccc12)c1cccc(OCC2CCCO2)c1. The Morgan fingerprint density at radius 3 is 2.73 bits per heavy atom. The Kier molecular flexibility index (Phi) is 6.28. The van der Waals surface area contributed by atoms with Crippen molar-refractivity contribution >= 4 is 28.5 Å². The third-order valence-electron chi connectivity index (χ3n) is 5.88. The van der Waals surface area contributed by atoms with Gasteiger partial charge < -0.3 is 28.8 Å². The summed E-state index contributed by atoms with van der Waals surface area (Å²) in [5, 5.41) is 3.58. The summed E-state index contributed by atoms with van der Waals surface area (Å²) in [4.78, 5) is 28.0. The molecule has 3 heterocycles. The number of amides is 2. The Hall–Kier alpha value is -3.36. The van der Waals surface area contributed by atoms with Crippen LogP contribution in [0.1, 0.15) is 33.8 Å². The molecule has 2 amide bonds. The molecule has 0 spiro atoms. The number of furan rings is 1. The largest absolute Gasteiger partial charge is 0.491 e. The van der Waals surface area contributed by atoms with Gasteiger partial charge in [0, 0.05) is 30.6 Å². The number of hydrogen-bond donors (Lipinski definition) is 1. The highest BCUT2D eigenvalue weighted by atomic mass is 16.5. The van der Waals surface area contributed by atoms with Crippen LogP contribution in [0.2, 0.25) is 0 Å². The van der Waals surface area contributed by atoms with E-state index >= 15 is 0 Å². The van der Waals surface area contributed by atoms with Gasteiger partial charge >= 0.3 is 0 Å². The fourth-order valence-electron chi connectivity index (χ4n) is 4.11. The number of morpholine rings is 1. The Labute approximate surface area is 191 Å². The second kappa shape index (κ2) is 9.64. The molecule has 8 heteroatoms. The molecule has 0 aliphatic carbocycles. The molecule has 2 aliphatic rings. The predicted octanol–water partition coefficient (Wildman–Crippen LogP) is 3.72. The number of rotatable bonds is 6. The highest BCUT2D eigenvalue weighted by molar-refractivity contribution is 6.14. The molecule has 1 N–H and O–H groups in total. The van der Waals surface area contributed by atoms with Crippen LogP contribution in [0.4, 0.5) is 5.69 Å². The number of para-hydroxylation sites is 1. The quantitative estimate of drug-likeness (QED) is 0.616. The monoisotopic (exact) mass is 450 g/mol. The van der Waals surface area contributed by atoms with Crippen LogP contribution in [0.15, 0.2) is 52.9 Å². The molecule has 2 aromatic carbocycles.